The first-order valence-corrected chi connectivity index (χ1v) is 10.9. The van der Waals surface area contributed by atoms with E-state index in [-0.39, 0.29) is 23.1 Å². The highest BCUT2D eigenvalue weighted by Crippen LogP contribution is 2.29. The van der Waals surface area contributed by atoms with E-state index >= 15 is 0 Å². The van der Waals surface area contributed by atoms with E-state index in [1.807, 2.05) is 34.9 Å². The lowest BCUT2D eigenvalue weighted by Gasteiger charge is -2.11. The van der Waals surface area contributed by atoms with Crippen molar-refractivity contribution >= 4 is 29.0 Å². The van der Waals surface area contributed by atoms with Crippen LogP contribution in [0, 0.1) is 17.0 Å². The summed E-state index contributed by atoms with van der Waals surface area (Å²) < 4.78 is 1.84. The molecule has 1 aromatic heterocycles. The second-order valence-electron chi connectivity index (χ2n) is 7.12. The van der Waals surface area contributed by atoms with E-state index in [0.717, 1.165) is 16.8 Å². The molecule has 33 heavy (non-hydrogen) atoms. The Bertz CT molecular complexity index is 1310. The number of nitrogens with zero attached hydrogens (tertiary/aromatic N) is 4. The van der Waals surface area contributed by atoms with E-state index in [9.17, 15) is 20.0 Å². The Balaban J connectivity index is 1.57. The maximum atomic E-state index is 12.6. The number of carbonyl (C=O) groups excluding carboxylic acids is 1. The predicted octanol–water partition coefficient (Wildman–Crippen LogP) is 4.59. The van der Waals surface area contributed by atoms with Crippen LogP contribution >= 0.6 is 11.8 Å². The lowest BCUT2D eigenvalue weighted by molar-refractivity contribution is -0.384. The molecule has 0 aliphatic carbocycles. The van der Waals surface area contributed by atoms with E-state index in [0.29, 0.717) is 16.7 Å². The number of para-hydroxylation sites is 1. The summed E-state index contributed by atoms with van der Waals surface area (Å²) in [6, 6.07) is 20.4. The number of phenols is 1. The zero-order chi connectivity index (χ0) is 23.4. The SMILES string of the molecule is Cc1ccc([N+](=O)[O-])cc1NC(=O)CSc1nnc(-c2ccc(O)cc2)n1-c1ccccc1. The molecular weight excluding hydrogens is 442 g/mol. The molecule has 4 rings (SSSR count). The van der Waals surface area contributed by atoms with Gasteiger partial charge in [0.05, 0.1) is 16.4 Å². The lowest BCUT2D eigenvalue weighted by Crippen LogP contribution is -2.15. The monoisotopic (exact) mass is 461 g/mol. The molecule has 0 atom stereocenters. The van der Waals surface area contributed by atoms with E-state index in [1.165, 1.54) is 23.9 Å². The number of amides is 1. The maximum Gasteiger partial charge on any atom is 0.271 e. The Morgan fingerprint density at radius 2 is 1.82 bits per heavy atom. The third-order valence-corrected chi connectivity index (χ3v) is 5.74. The number of benzene rings is 3. The number of anilines is 1. The van der Waals surface area contributed by atoms with E-state index < -0.39 is 4.92 Å². The van der Waals surface area contributed by atoms with Crippen molar-refractivity contribution in [2.24, 2.45) is 0 Å². The van der Waals surface area contributed by atoms with Gasteiger partial charge in [-0.05, 0) is 48.9 Å². The summed E-state index contributed by atoms with van der Waals surface area (Å²) in [6.07, 6.45) is 0. The van der Waals surface area contributed by atoms with Crippen LogP contribution in [0.4, 0.5) is 11.4 Å². The number of aromatic hydroxyl groups is 1. The average molecular weight is 462 g/mol. The first kappa shape index (κ1) is 22.0. The standard InChI is InChI=1S/C23H19N5O4S/c1-15-7-10-18(28(31)32)13-20(15)24-21(30)14-33-23-26-25-22(16-8-11-19(29)12-9-16)27(23)17-5-3-2-4-6-17/h2-13,29H,14H2,1H3,(H,24,30). The molecule has 0 saturated heterocycles. The number of phenolic OH excluding ortho intramolecular Hbond substituents is 1. The summed E-state index contributed by atoms with van der Waals surface area (Å²) in [5.74, 6) is 0.422. The van der Waals surface area contributed by atoms with Gasteiger partial charge in [-0.15, -0.1) is 10.2 Å². The Labute approximate surface area is 193 Å². The number of aromatic nitrogens is 3. The number of aryl methyl sites for hydroxylation is 1. The van der Waals surface area contributed by atoms with Crippen LogP contribution in [0.25, 0.3) is 17.1 Å². The minimum Gasteiger partial charge on any atom is -0.508 e. The second kappa shape index (κ2) is 9.53. The van der Waals surface area contributed by atoms with Crippen molar-refractivity contribution in [3.8, 4) is 22.8 Å². The zero-order valence-corrected chi connectivity index (χ0v) is 18.3. The molecule has 1 amide bonds. The van der Waals surface area contributed by atoms with E-state index in [2.05, 4.69) is 15.5 Å². The first-order valence-electron chi connectivity index (χ1n) is 9.90. The van der Waals surface area contributed by atoms with Gasteiger partial charge in [-0.3, -0.25) is 19.5 Å². The van der Waals surface area contributed by atoms with Gasteiger partial charge in [0.25, 0.3) is 5.69 Å². The molecule has 0 fully saturated rings. The second-order valence-corrected chi connectivity index (χ2v) is 8.06. The molecule has 0 aliphatic rings. The zero-order valence-electron chi connectivity index (χ0n) is 17.5. The van der Waals surface area contributed by atoms with Crippen LogP contribution in [0.1, 0.15) is 5.56 Å². The summed E-state index contributed by atoms with van der Waals surface area (Å²) >= 11 is 1.20. The fourth-order valence-corrected chi connectivity index (χ4v) is 3.90. The van der Waals surface area contributed by atoms with Crippen LogP contribution in [0.5, 0.6) is 5.75 Å². The minimum atomic E-state index is -0.503. The van der Waals surface area contributed by atoms with Crippen LogP contribution in [0.3, 0.4) is 0 Å². The number of non-ortho nitro benzene ring substituents is 1. The summed E-state index contributed by atoms with van der Waals surface area (Å²) in [7, 11) is 0. The van der Waals surface area contributed by atoms with E-state index in [1.54, 1.807) is 37.3 Å². The van der Waals surface area contributed by atoms with Crippen LogP contribution < -0.4 is 5.32 Å². The van der Waals surface area contributed by atoms with E-state index in [4.69, 9.17) is 0 Å². The van der Waals surface area contributed by atoms with Gasteiger partial charge >= 0.3 is 0 Å². The Morgan fingerprint density at radius 1 is 1.09 bits per heavy atom. The maximum absolute atomic E-state index is 12.6. The van der Waals surface area contributed by atoms with Gasteiger partial charge in [-0.2, -0.15) is 0 Å². The summed E-state index contributed by atoms with van der Waals surface area (Å²) in [4.78, 5) is 23.1. The predicted molar refractivity (Wildman–Crippen MR) is 126 cm³/mol. The largest absolute Gasteiger partial charge is 0.508 e. The molecular formula is C23H19N5O4S. The molecule has 0 unspecified atom stereocenters. The number of hydrogen-bond donors (Lipinski definition) is 2. The fraction of sp³-hybridized carbons (Fsp3) is 0.0870. The average Bonchev–Trinajstić information content (AvgIpc) is 3.24. The first-order chi connectivity index (χ1) is 15.9. The Kier molecular flexibility index (Phi) is 6.36. The number of rotatable bonds is 7. The molecule has 10 heteroatoms. The highest BCUT2D eigenvalue weighted by Gasteiger charge is 2.18. The van der Waals surface area contributed by atoms with Gasteiger partial charge in [-0.1, -0.05) is 36.0 Å². The highest BCUT2D eigenvalue weighted by molar-refractivity contribution is 7.99. The van der Waals surface area contributed by atoms with Gasteiger partial charge in [0.2, 0.25) is 5.91 Å². The van der Waals surface area contributed by atoms with Crippen molar-refractivity contribution in [2.75, 3.05) is 11.1 Å². The third-order valence-electron chi connectivity index (χ3n) is 4.81. The molecule has 166 valence electrons. The van der Waals surface area contributed by atoms with Gasteiger partial charge in [-0.25, -0.2) is 0 Å². The van der Waals surface area contributed by atoms with Crippen molar-refractivity contribution in [2.45, 2.75) is 12.1 Å². The minimum absolute atomic E-state index is 0.0304. The Hall–Kier alpha value is -4.18. The van der Waals surface area contributed by atoms with Crippen molar-refractivity contribution in [1.82, 2.24) is 14.8 Å². The summed E-state index contributed by atoms with van der Waals surface area (Å²) in [5, 5.41) is 32.4. The number of hydrogen-bond acceptors (Lipinski definition) is 7. The number of nitrogens with one attached hydrogen (secondary N) is 1. The van der Waals surface area contributed by atoms with Crippen molar-refractivity contribution in [1.29, 1.82) is 0 Å². The summed E-state index contributed by atoms with van der Waals surface area (Å²) in [5.41, 5.74) is 2.60. The molecule has 4 aromatic rings. The molecule has 0 aliphatic heterocycles. The quantitative estimate of drug-likeness (QED) is 0.234. The number of nitro benzene ring substituents is 1. The molecule has 0 bridgehead atoms. The van der Waals surface area contributed by atoms with Gasteiger partial charge < -0.3 is 10.4 Å². The molecule has 3 aromatic carbocycles. The van der Waals surface area contributed by atoms with Gasteiger partial charge in [0.15, 0.2) is 11.0 Å². The number of thioether (sulfide) groups is 1. The topological polar surface area (TPSA) is 123 Å². The van der Waals surface area contributed by atoms with Crippen LogP contribution in [0.15, 0.2) is 78.0 Å². The smallest absolute Gasteiger partial charge is 0.271 e. The molecule has 2 N–H and O–H groups in total. The molecule has 0 saturated carbocycles. The van der Waals surface area contributed by atoms with Crippen molar-refractivity contribution in [3.63, 3.8) is 0 Å². The lowest BCUT2D eigenvalue weighted by atomic mass is 10.2. The molecule has 1 heterocycles. The fourth-order valence-electron chi connectivity index (χ4n) is 3.15. The van der Waals surface area contributed by atoms with Crippen molar-refractivity contribution in [3.05, 3.63) is 88.5 Å². The van der Waals surface area contributed by atoms with Crippen LogP contribution in [0.2, 0.25) is 0 Å². The number of carbonyl (C=O) groups is 1. The highest BCUT2D eigenvalue weighted by atomic mass is 32.2. The van der Waals surface area contributed by atoms with Crippen LogP contribution in [-0.4, -0.2) is 36.5 Å². The molecule has 9 nitrogen and oxygen atoms in total. The van der Waals surface area contributed by atoms with Crippen LogP contribution in [-0.2, 0) is 4.79 Å². The van der Waals surface area contributed by atoms with Gasteiger partial charge in [0, 0.05) is 23.4 Å². The Morgan fingerprint density at radius 3 is 2.52 bits per heavy atom. The molecule has 0 spiro atoms. The normalized spacial score (nSPS) is 10.7. The van der Waals surface area contributed by atoms with Gasteiger partial charge in [0.1, 0.15) is 5.75 Å². The molecule has 0 radical (unpaired) electrons. The summed E-state index contributed by atoms with van der Waals surface area (Å²) in [6.45, 7) is 1.77. The number of nitro groups is 1. The van der Waals surface area contributed by atoms with Crippen molar-refractivity contribution < 1.29 is 14.8 Å². The third kappa shape index (κ3) is 5.01.